The van der Waals surface area contributed by atoms with Crippen LogP contribution in [0.4, 0.5) is 4.79 Å². The summed E-state index contributed by atoms with van der Waals surface area (Å²) in [7, 11) is 0. The molecule has 1 aromatic carbocycles. The zero-order valence-corrected chi connectivity index (χ0v) is 18.4. The first-order chi connectivity index (χ1) is 15.1. The summed E-state index contributed by atoms with van der Waals surface area (Å²) in [6, 6.07) is 7.48. The third-order valence-corrected chi connectivity index (χ3v) is 6.98. The standard InChI is InChI=1S/C24H33N3O4/c1-2-31-24(30)26-16-14-25(15-17-26)22(28)19-9-11-20(12-10-19)23(29)27-13-5-7-18-6-3-4-8-21(18)27/h9-12,18,21H,2-8,13-17H2,1H3/t18-,21-/m0/s1. The van der Waals surface area contributed by atoms with E-state index >= 15 is 0 Å². The fraction of sp³-hybridized carbons (Fsp3) is 0.625. The number of piperazine rings is 1. The largest absolute Gasteiger partial charge is 0.450 e. The summed E-state index contributed by atoms with van der Waals surface area (Å²) in [5.41, 5.74) is 1.24. The van der Waals surface area contributed by atoms with E-state index < -0.39 is 0 Å². The van der Waals surface area contributed by atoms with Gasteiger partial charge in [0.1, 0.15) is 0 Å². The maximum Gasteiger partial charge on any atom is 0.409 e. The highest BCUT2D eigenvalue weighted by Gasteiger charge is 2.36. The Hall–Kier alpha value is -2.57. The third kappa shape index (κ3) is 4.70. The molecule has 2 aliphatic heterocycles. The summed E-state index contributed by atoms with van der Waals surface area (Å²) in [5, 5.41) is 0. The molecule has 0 aromatic heterocycles. The molecular weight excluding hydrogens is 394 g/mol. The van der Waals surface area contributed by atoms with Crippen LogP contribution in [0.2, 0.25) is 0 Å². The predicted molar refractivity (Wildman–Crippen MR) is 117 cm³/mol. The molecule has 2 saturated heterocycles. The SMILES string of the molecule is CCOC(=O)N1CCN(C(=O)c2ccc(C(=O)N3CCC[C@@H]4CCCC[C@@H]43)cc2)CC1. The number of hydrogen-bond acceptors (Lipinski definition) is 4. The molecule has 0 N–H and O–H groups in total. The van der Waals surface area contributed by atoms with Crippen molar-refractivity contribution >= 4 is 17.9 Å². The number of fused-ring (bicyclic) bond motifs is 1. The van der Waals surface area contributed by atoms with E-state index in [0.717, 1.165) is 19.4 Å². The van der Waals surface area contributed by atoms with Crippen LogP contribution in [-0.4, -0.2) is 78.0 Å². The summed E-state index contributed by atoms with van der Waals surface area (Å²) >= 11 is 0. The Morgan fingerprint density at radius 2 is 1.39 bits per heavy atom. The molecule has 7 nitrogen and oxygen atoms in total. The maximum absolute atomic E-state index is 13.2. The van der Waals surface area contributed by atoms with Gasteiger partial charge in [-0.1, -0.05) is 12.8 Å². The number of nitrogens with zero attached hydrogens (tertiary/aromatic N) is 3. The molecule has 31 heavy (non-hydrogen) atoms. The molecule has 1 saturated carbocycles. The molecule has 3 amide bonds. The van der Waals surface area contributed by atoms with Crippen molar-refractivity contribution < 1.29 is 19.1 Å². The second-order valence-corrected chi connectivity index (χ2v) is 8.81. The van der Waals surface area contributed by atoms with Crippen molar-refractivity contribution in [2.75, 3.05) is 39.3 Å². The molecule has 3 aliphatic rings. The lowest BCUT2D eigenvalue weighted by molar-refractivity contribution is 0.0390. The third-order valence-electron chi connectivity index (χ3n) is 6.98. The smallest absolute Gasteiger partial charge is 0.409 e. The van der Waals surface area contributed by atoms with Crippen molar-refractivity contribution in [2.24, 2.45) is 5.92 Å². The summed E-state index contributed by atoms with van der Waals surface area (Å²) in [6.45, 7) is 4.87. The number of benzene rings is 1. The Bertz CT molecular complexity index is 800. The van der Waals surface area contributed by atoms with Gasteiger partial charge in [0, 0.05) is 49.9 Å². The van der Waals surface area contributed by atoms with Gasteiger partial charge in [-0.05, 0) is 62.8 Å². The molecule has 0 spiro atoms. The van der Waals surface area contributed by atoms with E-state index in [0.29, 0.717) is 55.9 Å². The highest BCUT2D eigenvalue weighted by atomic mass is 16.6. The summed E-state index contributed by atoms with van der Waals surface area (Å²) in [5.74, 6) is 0.687. The number of rotatable bonds is 3. The van der Waals surface area contributed by atoms with Gasteiger partial charge in [-0.2, -0.15) is 0 Å². The molecule has 1 aromatic rings. The molecule has 3 fully saturated rings. The molecule has 168 valence electrons. The average molecular weight is 428 g/mol. The molecule has 0 bridgehead atoms. The summed E-state index contributed by atoms with van der Waals surface area (Å²) in [4.78, 5) is 43.3. The molecule has 1 aliphatic carbocycles. The van der Waals surface area contributed by atoms with Gasteiger partial charge in [0.25, 0.3) is 11.8 Å². The Morgan fingerprint density at radius 3 is 2.06 bits per heavy atom. The van der Waals surface area contributed by atoms with Gasteiger partial charge >= 0.3 is 6.09 Å². The zero-order valence-electron chi connectivity index (χ0n) is 18.4. The van der Waals surface area contributed by atoms with Crippen LogP contribution in [-0.2, 0) is 4.74 Å². The highest BCUT2D eigenvalue weighted by Crippen LogP contribution is 2.36. The molecule has 0 radical (unpaired) electrons. The lowest BCUT2D eigenvalue weighted by Gasteiger charge is -2.44. The minimum absolute atomic E-state index is 0.0622. The number of ether oxygens (including phenoxy) is 1. The minimum atomic E-state index is -0.324. The van der Waals surface area contributed by atoms with Crippen LogP contribution in [0.15, 0.2) is 24.3 Å². The number of carbonyl (C=O) groups excluding carboxylic acids is 3. The number of carbonyl (C=O) groups is 3. The fourth-order valence-corrected chi connectivity index (χ4v) is 5.29. The molecule has 7 heteroatoms. The molecule has 2 atom stereocenters. The van der Waals surface area contributed by atoms with Crippen LogP contribution in [0.25, 0.3) is 0 Å². The van der Waals surface area contributed by atoms with Gasteiger partial charge in [-0.3, -0.25) is 9.59 Å². The van der Waals surface area contributed by atoms with E-state index in [9.17, 15) is 14.4 Å². The van der Waals surface area contributed by atoms with Crippen molar-refractivity contribution in [3.8, 4) is 0 Å². The first-order valence-corrected chi connectivity index (χ1v) is 11.7. The van der Waals surface area contributed by atoms with Crippen LogP contribution in [0, 0.1) is 5.92 Å². The van der Waals surface area contributed by atoms with E-state index in [4.69, 9.17) is 4.74 Å². The van der Waals surface area contributed by atoms with E-state index in [2.05, 4.69) is 4.90 Å². The number of likely N-dealkylation sites (tertiary alicyclic amines) is 1. The van der Waals surface area contributed by atoms with Gasteiger partial charge < -0.3 is 19.4 Å². The van der Waals surface area contributed by atoms with E-state index in [1.807, 2.05) is 0 Å². The predicted octanol–water partition coefficient (Wildman–Crippen LogP) is 3.40. The lowest BCUT2D eigenvalue weighted by Crippen LogP contribution is -2.50. The first-order valence-electron chi connectivity index (χ1n) is 11.7. The molecule has 2 heterocycles. The number of hydrogen-bond donors (Lipinski definition) is 0. The number of piperidine rings is 1. The van der Waals surface area contributed by atoms with Gasteiger partial charge in [0.2, 0.25) is 0 Å². The van der Waals surface area contributed by atoms with E-state index in [1.54, 1.807) is 41.0 Å². The van der Waals surface area contributed by atoms with Gasteiger partial charge in [0.15, 0.2) is 0 Å². The second kappa shape index (κ2) is 9.71. The van der Waals surface area contributed by atoms with Crippen molar-refractivity contribution in [3.05, 3.63) is 35.4 Å². The highest BCUT2D eigenvalue weighted by molar-refractivity contribution is 5.98. The van der Waals surface area contributed by atoms with Crippen LogP contribution in [0.1, 0.15) is 66.2 Å². The first kappa shape index (κ1) is 21.7. The normalized spacial score (nSPS) is 23.8. The second-order valence-electron chi connectivity index (χ2n) is 8.81. The fourth-order valence-electron chi connectivity index (χ4n) is 5.29. The van der Waals surface area contributed by atoms with Crippen molar-refractivity contribution in [1.29, 1.82) is 0 Å². The van der Waals surface area contributed by atoms with Crippen LogP contribution < -0.4 is 0 Å². The Balaban J connectivity index is 1.36. The van der Waals surface area contributed by atoms with Crippen LogP contribution in [0.3, 0.4) is 0 Å². The Kier molecular flexibility index (Phi) is 6.78. The van der Waals surface area contributed by atoms with Gasteiger partial charge in [0.05, 0.1) is 6.61 Å². The zero-order chi connectivity index (χ0) is 21.8. The van der Waals surface area contributed by atoms with Crippen LogP contribution >= 0.6 is 0 Å². The lowest BCUT2D eigenvalue weighted by atomic mass is 9.78. The Morgan fingerprint density at radius 1 is 0.806 bits per heavy atom. The van der Waals surface area contributed by atoms with E-state index in [-0.39, 0.29) is 17.9 Å². The monoisotopic (exact) mass is 427 g/mol. The van der Waals surface area contributed by atoms with Crippen molar-refractivity contribution in [2.45, 2.75) is 51.5 Å². The average Bonchev–Trinajstić information content (AvgIpc) is 2.83. The topological polar surface area (TPSA) is 70.2 Å². The van der Waals surface area contributed by atoms with Gasteiger partial charge in [-0.15, -0.1) is 0 Å². The molecular formula is C24H33N3O4. The molecule has 4 rings (SSSR count). The minimum Gasteiger partial charge on any atom is -0.450 e. The summed E-state index contributed by atoms with van der Waals surface area (Å²) in [6.07, 6.45) is 6.86. The number of amides is 3. The molecule has 0 unspecified atom stereocenters. The summed E-state index contributed by atoms with van der Waals surface area (Å²) < 4.78 is 5.03. The maximum atomic E-state index is 13.2. The van der Waals surface area contributed by atoms with E-state index in [1.165, 1.54) is 25.7 Å². The van der Waals surface area contributed by atoms with Crippen molar-refractivity contribution in [1.82, 2.24) is 14.7 Å². The quantitative estimate of drug-likeness (QED) is 0.741. The van der Waals surface area contributed by atoms with Crippen molar-refractivity contribution in [3.63, 3.8) is 0 Å². The Labute approximate surface area is 184 Å². The van der Waals surface area contributed by atoms with Gasteiger partial charge in [-0.25, -0.2) is 4.79 Å². The van der Waals surface area contributed by atoms with Crippen LogP contribution in [0.5, 0.6) is 0 Å².